The normalized spacial score (nSPS) is 17.1. The van der Waals surface area contributed by atoms with Crippen molar-refractivity contribution >= 4 is 5.82 Å². The van der Waals surface area contributed by atoms with Gasteiger partial charge in [0.2, 0.25) is 5.82 Å². The second-order valence-electron chi connectivity index (χ2n) is 10.6. The van der Waals surface area contributed by atoms with Gasteiger partial charge in [-0.2, -0.15) is 0 Å². The Balaban J connectivity index is 1.23. The van der Waals surface area contributed by atoms with Crippen molar-refractivity contribution in [1.29, 1.82) is 0 Å². The molecule has 0 unspecified atom stereocenters. The minimum Gasteiger partial charge on any atom is -0.488 e. The first kappa shape index (κ1) is 25.3. The number of likely N-dealkylation sites (tertiary alicyclic amines) is 1. The van der Waals surface area contributed by atoms with Crippen LogP contribution >= 0.6 is 0 Å². The van der Waals surface area contributed by atoms with Gasteiger partial charge in [-0.05, 0) is 67.0 Å². The third-order valence-corrected chi connectivity index (χ3v) is 7.86. The summed E-state index contributed by atoms with van der Waals surface area (Å²) in [5, 5.41) is 12.4. The summed E-state index contributed by atoms with van der Waals surface area (Å²) in [6.07, 6.45) is 5.20. The van der Waals surface area contributed by atoms with Crippen LogP contribution in [-0.2, 0) is 33.0 Å². The Morgan fingerprint density at radius 3 is 2.49 bits per heavy atom. The fourth-order valence-corrected chi connectivity index (χ4v) is 5.84. The number of anilines is 1. The number of nitrogens with zero attached hydrogens (tertiary/aromatic N) is 4. The molecule has 200 valence electrons. The first-order valence-electron chi connectivity index (χ1n) is 13.9. The first-order valence-corrected chi connectivity index (χ1v) is 13.9. The maximum absolute atomic E-state index is 13.5. The lowest BCUT2D eigenvalue weighted by atomic mass is 10.0. The Morgan fingerprint density at radius 2 is 1.69 bits per heavy atom. The number of hydrogen-bond acceptors (Lipinski definition) is 6. The van der Waals surface area contributed by atoms with Gasteiger partial charge in [0, 0.05) is 26.2 Å². The lowest BCUT2D eigenvalue weighted by molar-refractivity contribution is 0.208. The number of aromatic nitrogens is 3. The fraction of sp³-hybridized carbons (Fsp3) is 0.344. The van der Waals surface area contributed by atoms with Crippen LogP contribution in [0.4, 0.5) is 5.82 Å². The molecule has 6 rings (SSSR count). The number of aryl methyl sites for hydroxylation is 1. The largest absolute Gasteiger partial charge is 0.488 e. The van der Waals surface area contributed by atoms with Crippen molar-refractivity contribution in [3.8, 4) is 17.1 Å². The van der Waals surface area contributed by atoms with E-state index in [1.165, 1.54) is 16.7 Å². The zero-order valence-electron chi connectivity index (χ0n) is 22.5. The lowest BCUT2D eigenvalue weighted by Crippen LogP contribution is -2.43. The molecule has 1 saturated heterocycles. The van der Waals surface area contributed by atoms with Crippen molar-refractivity contribution in [2.24, 2.45) is 7.05 Å². The fourth-order valence-electron chi connectivity index (χ4n) is 5.84. The Labute approximate surface area is 229 Å². The van der Waals surface area contributed by atoms with E-state index in [4.69, 9.17) is 4.74 Å². The van der Waals surface area contributed by atoms with Crippen LogP contribution in [0.3, 0.4) is 0 Å². The molecule has 2 aliphatic rings. The minimum absolute atomic E-state index is 0.153. The third kappa shape index (κ3) is 5.59. The van der Waals surface area contributed by atoms with E-state index >= 15 is 0 Å². The van der Waals surface area contributed by atoms with Crippen LogP contribution in [0.5, 0.6) is 5.75 Å². The highest BCUT2D eigenvalue weighted by Crippen LogP contribution is 2.38. The molecule has 1 N–H and O–H groups in total. The van der Waals surface area contributed by atoms with E-state index in [0.29, 0.717) is 18.2 Å². The van der Waals surface area contributed by atoms with Crippen LogP contribution in [0.25, 0.3) is 11.4 Å². The van der Waals surface area contributed by atoms with E-state index in [1.807, 2.05) is 30.3 Å². The number of ether oxygens (including phenoxy) is 1. The molecule has 7 heteroatoms. The van der Waals surface area contributed by atoms with Gasteiger partial charge in [-0.3, -0.25) is 14.3 Å². The van der Waals surface area contributed by atoms with Gasteiger partial charge < -0.3 is 10.1 Å². The summed E-state index contributed by atoms with van der Waals surface area (Å²) >= 11 is 0. The number of nitrogens with one attached hydrogen (secondary N) is 1. The molecule has 0 amide bonds. The topological polar surface area (TPSA) is 72.3 Å². The number of benzene rings is 3. The van der Waals surface area contributed by atoms with Gasteiger partial charge in [0.05, 0.1) is 5.56 Å². The van der Waals surface area contributed by atoms with Crippen LogP contribution in [0, 0.1) is 0 Å². The molecule has 1 fully saturated rings. The van der Waals surface area contributed by atoms with Crippen LogP contribution in [0.1, 0.15) is 41.5 Å². The lowest BCUT2D eigenvalue weighted by Gasteiger charge is -2.33. The SMILES string of the molecule is Cn1c(-c2ccc3c(c2OCc2ccccc2)CCC3)nnc(N[C@@H]2CCCN(Cc3ccccc3)C2)c1=O. The summed E-state index contributed by atoms with van der Waals surface area (Å²) in [4.78, 5) is 15.9. The average Bonchev–Trinajstić information content (AvgIpc) is 3.45. The molecule has 7 nitrogen and oxygen atoms in total. The number of piperidine rings is 1. The third-order valence-electron chi connectivity index (χ3n) is 7.86. The highest BCUT2D eigenvalue weighted by atomic mass is 16.5. The number of rotatable bonds is 8. The maximum atomic E-state index is 13.5. The number of hydrogen-bond donors (Lipinski definition) is 1. The Morgan fingerprint density at radius 1 is 0.923 bits per heavy atom. The van der Waals surface area contributed by atoms with E-state index in [1.54, 1.807) is 11.6 Å². The average molecular weight is 522 g/mol. The van der Waals surface area contributed by atoms with Gasteiger partial charge in [-0.25, -0.2) is 0 Å². The van der Waals surface area contributed by atoms with Crippen molar-refractivity contribution in [3.05, 3.63) is 105 Å². The molecule has 3 aromatic carbocycles. The molecular formula is C32H35N5O2. The zero-order chi connectivity index (χ0) is 26.6. The predicted molar refractivity (Wildman–Crippen MR) is 154 cm³/mol. The molecule has 1 aliphatic heterocycles. The second-order valence-corrected chi connectivity index (χ2v) is 10.6. The molecule has 39 heavy (non-hydrogen) atoms. The molecular weight excluding hydrogens is 486 g/mol. The van der Waals surface area contributed by atoms with Gasteiger partial charge in [0.25, 0.3) is 5.56 Å². The molecule has 0 saturated carbocycles. The summed E-state index contributed by atoms with van der Waals surface area (Å²) in [5.41, 5.74) is 5.59. The molecule has 2 heterocycles. The van der Waals surface area contributed by atoms with Gasteiger partial charge >= 0.3 is 0 Å². The van der Waals surface area contributed by atoms with Crippen molar-refractivity contribution in [2.75, 3.05) is 18.4 Å². The van der Waals surface area contributed by atoms with Gasteiger partial charge in [0.1, 0.15) is 12.4 Å². The summed E-state index contributed by atoms with van der Waals surface area (Å²) in [5.74, 6) is 1.65. The summed E-state index contributed by atoms with van der Waals surface area (Å²) in [6.45, 7) is 3.29. The zero-order valence-corrected chi connectivity index (χ0v) is 22.5. The highest BCUT2D eigenvalue weighted by molar-refractivity contribution is 5.69. The van der Waals surface area contributed by atoms with Crippen molar-refractivity contribution < 1.29 is 4.74 Å². The van der Waals surface area contributed by atoms with E-state index in [2.05, 4.69) is 62.9 Å². The second kappa shape index (κ2) is 11.4. The summed E-state index contributed by atoms with van der Waals surface area (Å²) in [7, 11) is 1.77. The maximum Gasteiger partial charge on any atom is 0.296 e. The summed E-state index contributed by atoms with van der Waals surface area (Å²) < 4.78 is 8.03. The van der Waals surface area contributed by atoms with Gasteiger partial charge in [-0.15, -0.1) is 10.2 Å². The summed E-state index contributed by atoms with van der Waals surface area (Å²) in [6, 6.07) is 25.0. The number of fused-ring (bicyclic) bond motifs is 1. The van der Waals surface area contributed by atoms with E-state index in [-0.39, 0.29) is 11.6 Å². The van der Waals surface area contributed by atoms with Crippen LogP contribution in [0.15, 0.2) is 77.6 Å². The van der Waals surface area contributed by atoms with Crippen molar-refractivity contribution in [1.82, 2.24) is 19.7 Å². The quantitative estimate of drug-likeness (QED) is 0.352. The minimum atomic E-state index is -0.172. The first-order chi connectivity index (χ1) is 19.2. The smallest absolute Gasteiger partial charge is 0.296 e. The molecule has 4 aromatic rings. The van der Waals surface area contributed by atoms with Crippen LogP contribution < -0.4 is 15.6 Å². The van der Waals surface area contributed by atoms with Crippen LogP contribution in [-0.4, -0.2) is 38.8 Å². The van der Waals surface area contributed by atoms with Gasteiger partial charge in [0.15, 0.2) is 5.82 Å². The Hall–Kier alpha value is -3.97. The molecule has 1 atom stereocenters. The van der Waals surface area contributed by atoms with Crippen molar-refractivity contribution in [3.63, 3.8) is 0 Å². The predicted octanol–water partition coefficient (Wildman–Crippen LogP) is 4.99. The molecule has 1 aliphatic carbocycles. The Bertz CT molecular complexity index is 1490. The molecule has 1 aromatic heterocycles. The standard InChI is InChI=1S/C32H35N5O2/c1-36-31(28-18-17-25-14-8-16-27(25)29(28)39-22-24-12-6-3-7-13-24)35-34-30(32(36)38)33-26-15-9-19-37(21-26)20-23-10-4-2-5-11-23/h2-7,10-13,17-18,26H,8-9,14-16,19-22H2,1H3,(H,33,34)/t26-/m1/s1. The monoisotopic (exact) mass is 521 g/mol. The van der Waals surface area contributed by atoms with E-state index in [9.17, 15) is 4.79 Å². The highest BCUT2D eigenvalue weighted by Gasteiger charge is 2.25. The van der Waals surface area contributed by atoms with E-state index < -0.39 is 0 Å². The van der Waals surface area contributed by atoms with Crippen molar-refractivity contribution in [2.45, 2.75) is 51.3 Å². The van der Waals surface area contributed by atoms with E-state index in [0.717, 1.165) is 68.6 Å². The molecule has 0 bridgehead atoms. The van der Waals surface area contributed by atoms with Crippen LogP contribution in [0.2, 0.25) is 0 Å². The molecule has 0 spiro atoms. The Kier molecular flexibility index (Phi) is 7.41. The van der Waals surface area contributed by atoms with Gasteiger partial charge in [-0.1, -0.05) is 66.7 Å². The molecule has 0 radical (unpaired) electrons.